The minimum absolute atomic E-state index is 0.00750. The van der Waals surface area contributed by atoms with Crippen LogP contribution in [0.2, 0.25) is 0 Å². The maximum absolute atomic E-state index is 13.8. The molecule has 0 radical (unpaired) electrons. The molecule has 0 saturated carbocycles. The number of nitrogens with one attached hydrogen (secondary N) is 1. The lowest BCUT2D eigenvalue weighted by atomic mass is 10.0. The van der Waals surface area contributed by atoms with Gasteiger partial charge in [-0.3, -0.25) is 14.9 Å². The highest BCUT2D eigenvalue weighted by Crippen LogP contribution is 2.36. The monoisotopic (exact) mass is 514 g/mol. The summed E-state index contributed by atoms with van der Waals surface area (Å²) >= 11 is 0. The highest BCUT2D eigenvalue weighted by atomic mass is 19.1. The fraction of sp³-hybridized carbons (Fsp3) is 0.167. The van der Waals surface area contributed by atoms with Crippen molar-refractivity contribution in [3.8, 4) is 11.5 Å². The Hall–Kier alpha value is -4.72. The number of amides is 4. The van der Waals surface area contributed by atoms with E-state index in [4.69, 9.17) is 9.47 Å². The van der Waals surface area contributed by atoms with Gasteiger partial charge in [-0.2, -0.15) is 0 Å². The minimum Gasteiger partial charge on any atom is -0.490 e. The van der Waals surface area contributed by atoms with Gasteiger partial charge in [0.25, 0.3) is 11.8 Å². The summed E-state index contributed by atoms with van der Waals surface area (Å²) in [5, 5.41) is 2.15. The molecule has 4 rings (SSSR count). The van der Waals surface area contributed by atoms with E-state index < -0.39 is 23.7 Å². The molecule has 194 valence electrons. The largest absolute Gasteiger partial charge is 0.490 e. The van der Waals surface area contributed by atoms with E-state index in [1.54, 1.807) is 18.2 Å². The van der Waals surface area contributed by atoms with Crippen molar-refractivity contribution < 1.29 is 28.2 Å². The standard InChI is InChI=1S/C30H27FN2O5/c1-4-7-22-14-21(16-26(37-5-2)27(22)38-18-20-12-10-19(3)11-13-20)15-25-28(34)32-30(36)33(29(25)35)24-9-6-8-23(31)17-24/h4,6,8-17H,1,5,7,18H2,2-3H3,(H,32,34,36)/b25-15+. The second-order valence-electron chi connectivity index (χ2n) is 8.65. The Bertz CT molecular complexity index is 1430. The van der Waals surface area contributed by atoms with E-state index in [0.717, 1.165) is 27.7 Å². The maximum Gasteiger partial charge on any atom is 0.335 e. The van der Waals surface area contributed by atoms with Crippen LogP contribution in [-0.2, 0) is 22.6 Å². The molecule has 8 heteroatoms. The molecule has 1 saturated heterocycles. The first-order valence-corrected chi connectivity index (χ1v) is 12.1. The number of barbiturate groups is 1. The van der Waals surface area contributed by atoms with Crippen molar-refractivity contribution in [3.63, 3.8) is 0 Å². The van der Waals surface area contributed by atoms with Gasteiger partial charge >= 0.3 is 6.03 Å². The Labute approximate surface area is 220 Å². The number of urea groups is 1. The van der Waals surface area contributed by atoms with E-state index in [1.165, 1.54) is 24.3 Å². The summed E-state index contributed by atoms with van der Waals surface area (Å²) in [7, 11) is 0. The molecule has 7 nitrogen and oxygen atoms in total. The maximum atomic E-state index is 13.8. The van der Waals surface area contributed by atoms with Crippen LogP contribution in [0.1, 0.15) is 29.2 Å². The zero-order chi connectivity index (χ0) is 27.2. The molecule has 1 aliphatic rings. The molecule has 3 aromatic carbocycles. The Morgan fingerprint density at radius 3 is 2.47 bits per heavy atom. The van der Waals surface area contributed by atoms with Gasteiger partial charge in [0.1, 0.15) is 18.0 Å². The summed E-state index contributed by atoms with van der Waals surface area (Å²) in [6.45, 7) is 8.34. The van der Waals surface area contributed by atoms with Crippen molar-refractivity contribution in [2.75, 3.05) is 11.5 Å². The van der Waals surface area contributed by atoms with Crippen molar-refractivity contribution in [2.24, 2.45) is 0 Å². The highest BCUT2D eigenvalue weighted by Gasteiger charge is 2.37. The van der Waals surface area contributed by atoms with E-state index in [-0.39, 0.29) is 11.3 Å². The Balaban J connectivity index is 1.71. The number of allylic oxidation sites excluding steroid dienone is 1. The quantitative estimate of drug-likeness (QED) is 0.231. The zero-order valence-corrected chi connectivity index (χ0v) is 21.1. The van der Waals surface area contributed by atoms with E-state index in [2.05, 4.69) is 11.9 Å². The van der Waals surface area contributed by atoms with Crippen LogP contribution < -0.4 is 19.7 Å². The van der Waals surface area contributed by atoms with Gasteiger partial charge in [-0.05, 0) is 67.8 Å². The minimum atomic E-state index is -0.954. The van der Waals surface area contributed by atoms with E-state index in [1.807, 2.05) is 38.1 Å². The summed E-state index contributed by atoms with van der Waals surface area (Å²) in [6, 6.07) is 15.5. The van der Waals surface area contributed by atoms with Gasteiger partial charge in [-0.25, -0.2) is 14.1 Å². The Kier molecular flexibility index (Phi) is 8.01. The Morgan fingerprint density at radius 2 is 1.79 bits per heavy atom. The molecule has 0 bridgehead atoms. The van der Waals surface area contributed by atoms with Gasteiger partial charge in [0.2, 0.25) is 0 Å². The van der Waals surface area contributed by atoms with Crippen LogP contribution >= 0.6 is 0 Å². The Morgan fingerprint density at radius 1 is 1.03 bits per heavy atom. The number of ether oxygens (including phenoxy) is 2. The van der Waals surface area contributed by atoms with Gasteiger partial charge < -0.3 is 9.47 Å². The van der Waals surface area contributed by atoms with Crippen LogP contribution in [0.4, 0.5) is 14.9 Å². The first-order chi connectivity index (χ1) is 18.3. The number of carbonyl (C=O) groups excluding carboxylic acids is 3. The zero-order valence-electron chi connectivity index (χ0n) is 21.1. The normalized spacial score (nSPS) is 14.4. The third-order valence-corrected chi connectivity index (χ3v) is 5.80. The molecule has 3 aromatic rings. The van der Waals surface area contributed by atoms with E-state index in [9.17, 15) is 18.8 Å². The van der Waals surface area contributed by atoms with Crippen LogP contribution in [0.3, 0.4) is 0 Å². The van der Waals surface area contributed by atoms with Gasteiger partial charge in [-0.15, -0.1) is 6.58 Å². The molecule has 1 heterocycles. The molecule has 0 atom stereocenters. The van der Waals surface area contributed by atoms with Crippen molar-refractivity contribution in [1.29, 1.82) is 0 Å². The SMILES string of the molecule is C=CCc1cc(/C=C2\C(=O)NC(=O)N(c3cccc(F)c3)C2=O)cc(OCC)c1OCc1ccc(C)cc1. The molecule has 0 spiro atoms. The van der Waals surface area contributed by atoms with Crippen LogP contribution in [0.15, 0.2) is 78.9 Å². The number of hydrogen-bond donors (Lipinski definition) is 1. The topological polar surface area (TPSA) is 84.9 Å². The lowest BCUT2D eigenvalue weighted by molar-refractivity contribution is -0.122. The molecule has 0 unspecified atom stereocenters. The molecule has 1 aliphatic heterocycles. The number of benzene rings is 3. The summed E-state index contributed by atoms with van der Waals surface area (Å²) in [6.07, 6.45) is 3.52. The number of aryl methyl sites for hydroxylation is 1. The van der Waals surface area contributed by atoms with Crippen LogP contribution in [0.25, 0.3) is 6.08 Å². The third-order valence-electron chi connectivity index (χ3n) is 5.80. The van der Waals surface area contributed by atoms with Crippen molar-refractivity contribution in [2.45, 2.75) is 26.9 Å². The van der Waals surface area contributed by atoms with Gasteiger partial charge in [0.15, 0.2) is 11.5 Å². The predicted molar refractivity (Wildman–Crippen MR) is 142 cm³/mol. The number of hydrogen-bond acceptors (Lipinski definition) is 5. The summed E-state index contributed by atoms with van der Waals surface area (Å²) in [5.74, 6) is -1.37. The molecule has 4 amide bonds. The second kappa shape index (κ2) is 11.6. The number of carbonyl (C=O) groups is 3. The number of imide groups is 2. The highest BCUT2D eigenvalue weighted by molar-refractivity contribution is 6.39. The number of nitrogens with zero attached hydrogens (tertiary/aromatic N) is 1. The average molecular weight is 515 g/mol. The van der Waals surface area contributed by atoms with Gasteiger partial charge in [0.05, 0.1) is 12.3 Å². The molecule has 38 heavy (non-hydrogen) atoms. The smallest absolute Gasteiger partial charge is 0.335 e. The van der Waals surface area contributed by atoms with Crippen molar-refractivity contribution >= 4 is 29.6 Å². The van der Waals surface area contributed by atoms with Gasteiger partial charge in [-0.1, -0.05) is 42.0 Å². The molecule has 1 N–H and O–H groups in total. The number of halogens is 1. The number of anilines is 1. The van der Waals surface area contributed by atoms with Crippen molar-refractivity contribution in [1.82, 2.24) is 5.32 Å². The lowest BCUT2D eigenvalue weighted by Gasteiger charge is -2.26. The molecular formula is C30H27FN2O5. The summed E-state index contributed by atoms with van der Waals surface area (Å²) in [4.78, 5) is 39.0. The molecule has 0 aliphatic carbocycles. The van der Waals surface area contributed by atoms with E-state index in [0.29, 0.717) is 36.7 Å². The fourth-order valence-electron chi connectivity index (χ4n) is 4.01. The molecular weight excluding hydrogens is 487 g/mol. The summed E-state index contributed by atoms with van der Waals surface area (Å²) < 4.78 is 25.8. The van der Waals surface area contributed by atoms with Crippen LogP contribution in [0.5, 0.6) is 11.5 Å². The third kappa shape index (κ3) is 5.81. The number of rotatable bonds is 9. The first kappa shape index (κ1) is 26.3. The predicted octanol–water partition coefficient (Wildman–Crippen LogP) is 5.51. The van der Waals surface area contributed by atoms with Crippen molar-refractivity contribution in [3.05, 3.63) is 107 Å². The fourth-order valence-corrected chi connectivity index (χ4v) is 4.01. The van der Waals surface area contributed by atoms with Gasteiger partial charge in [0, 0.05) is 5.56 Å². The first-order valence-electron chi connectivity index (χ1n) is 12.1. The molecule has 0 aromatic heterocycles. The molecule has 1 fully saturated rings. The van der Waals surface area contributed by atoms with E-state index >= 15 is 0 Å². The summed E-state index contributed by atoms with van der Waals surface area (Å²) in [5.41, 5.74) is 3.08. The van der Waals surface area contributed by atoms with Crippen LogP contribution in [-0.4, -0.2) is 24.5 Å². The lowest BCUT2D eigenvalue weighted by Crippen LogP contribution is -2.54. The van der Waals surface area contributed by atoms with Crippen LogP contribution in [0, 0.1) is 12.7 Å². The average Bonchev–Trinajstić information content (AvgIpc) is 2.87. The second-order valence-corrected chi connectivity index (χ2v) is 8.65.